The van der Waals surface area contributed by atoms with Gasteiger partial charge in [-0.3, -0.25) is 4.79 Å². The van der Waals surface area contributed by atoms with Crippen molar-refractivity contribution in [2.75, 3.05) is 5.73 Å². The molecule has 0 aliphatic carbocycles. The minimum atomic E-state index is -0.115. The summed E-state index contributed by atoms with van der Waals surface area (Å²) in [6.07, 6.45) is 1.53. The molecule has 4 heteroatoms. The lowest BCUT2D eigenvalue weighted by atomic mass is 10.0. The van der Waals surface area contributed by atoms with Crippen LogP contribution in [0.25, 0.3) is 5.69 Å². The van der Waals surface area contributed by atoms with E-state index in [1.165, 1.54) is 6.20 Å². The quantitative estimate of drug-likeness (QED) is 0.753. The van der Waals surface area contributed by atoms with Gasteiger partial charge in [0, 0.05) is 5.56 Å². The average molecular weight is 291 g/mol. The highest BCUT2D eigenvalue weighted by atomic mass is 16.1. The average Bonchev–Trinajstić information content (AvgIpc) is 2.90. The summed E-state index contributed by atoms with van der Waals surface area (Å²) in [5.74, 6) is 0.241. The molecule has 0 aliphatic rings. The Balaban J connectivity index is 1.98. The van der Waals surface area contributed by atoms with Crippen LogP contribution in [0.3, 0.4) is 0 Å². The minimum absolute atomic E-state index is 0.115. The van der Waals surface area contributed by atoms with Crippen molar-refractivity contribution in [3.63, 3.8) is 0 Å². The van der Waals surface area contributed by atoms with Gasteiger partial charge in [0.15, 0.2) is 5.78 Å². The molecule has 0 bridgehead atoms. The summed E-state index contributed by atoms with van der Waals surface area (Å²) >= 11 is 0. The molecule has 0 atom stereocenters. The number of aryl methyl sites for hydroxylation is 2. The van der Waals surface area contributed by atoms with E-state index in [1.807, 2.05) is 50.2 Å². The summed E-state index contributed by atoms with van der Waals surface area (Å²) in [7, 11) is 0. The monoisotopic (exact) mass is 291 g/mol. The molecule has 1 aromatic heterocycles. The van der Waals surface area contributed by atoms with Gasteiger partial charge in [-0.1, -0.05) is 47.5 Å². The Bertz CT molecular complexity index is 815. The number of hydrogen-bond acceptors (Lipinski definition) is 3. The van der Waals surface area contributed by atoms with Gasteiger partial charge in [-0.25, -0.2) is 4.68 Å². The third-order valence-electron chi connectivity index (χ3n) is 3.64. The first-order valence-corrected chi connectivity index (χ1v) is 7.08. The van der Waals surface area contributed by atoms with E-state index in [9.17, 15) is 4.79 Å². The van der Waals surface area contributed by atoms with Gasteiger partial charge in [0.2, 0.25) is 0 Å². The van der Waals surface area contributed by atoms with Crippen molar-refractivity contribution >= 4 is 11.6 Å². The molecule has 0 saturated carbocycles. The van der Waals surface area contributed by atoms with E-state index in [2.05, 4.69) is 5.10 Å². The number of nitrogens with two attached hydrogens (primary N) is 1. The number of nitrogens with zero attached hydrogens (tertiary/aromatic N) is 2. The highest BCUT2D eigenvalue weighted by Gasteiger charge is 2.17. The Labute approximate surface area is 129 Å². The van der Waals surface area contributed by atoms with Crippen molar-refractivity contribution in [1.29, 1.82) is 0 Å². The van der Waals surface area contributed by atoms with E-state index in [1.54, 1.807) is 16.8 Å². The molecule has 2 aromatic carbocycles. The third kappa shape index (κ3) is 2.51. The molecule has 0 unspecified atom stereocenters. The molecule has 1 heterocycles. The van der Waals surface area contributed by atoms with Gasteiger partial charge in [0.25, 0.3) is 0 Å². The van der Waals surface area contributed by atoms with Gasteiger partial charge >= 0.3 is 0 Å². The Morgan fingerprint density at radius 1 is 0.955 bits per heavy atom. The normalized spacial score (nSPS) is 10.6. The van der Waals surface area contributed by atoms with E-state index in [4.69, 9.17) is 5.73 Å². The van der Waals surface area contributed by atoms with Crippen molar-refractivity contribution in [1.82, 2.24) is 9.78 Å². The number of anilines is 1. The Morgan fingerprint density at radius 3 is 2.09 bits per heavy atom. The lowest BCUT2D eigenvalue weighted by Gasteiger charge is -2.05. The summed E-state index contributed by atoms with van der Waals surface area (Å²) in [4.78, 5) is 12.5. The lowest BCUT2D eigenvalue weighted by molar-refractivity contribution is 0.103. The number of carbonyl (C=O) groups excluding carboxylic acids is 1. The van der Waals surface area contributed by atoms with Crippen LogP contribution in [0.4, 0.5) is 5.82 Å². The number of hydrogen-bond donors (Lipinski definition) is 1. The number of rotatable bonds is 3. The van der Waals surface area contributed by atoms with Gasteiger partial charge in [0.1, 0.15) is 5.82 Å². The Kier molecular flexibility index (Phi) is 3.51. The molecule has 110 valence electrons. The molecular weight excluding hydrogens is 274 g/mol. The molecule has 0 spiro atoms. The maximum absolute atomic E-state index is 12.5. The molecule has 3 rings (SSSR count). The molecule has 0 fully saturated rings. The second-order valence-corrected chi connectivity index (χ2v) is 5.39. The van der Waals surface area contributed by atoms with Crippen LogP contribution in [0.5, 0.6) is 0 Å². The maximum Gasteiger partial charge on any atom is 0.198 e. The predicted molar refractivity (Wildman–Crippen MR) is 87.3 cm³/mol. The summed E-state index contributed by atoms with van der Waals surface area (Å²) in [5.41, 5.74) is 10.3. The number of nitrogen functional groups attached to an aromatic ring is 1. The number of benzene rings is 2. The van der Waals surface area contributed by atoms with Crippen LogP contribution < -0.4 is 5.73 Å². The Morgan fingerprint density at radius 2 is 1.50 bits per heavy atom. The van der Waals surface area contributed by atoms with Crippen LogP contribution in [-0.2, 0) is 0 Å². The first-order valence-electron chi connectivity index (χ1n) is 7.08. The second-order valence-electron chi connectivity index (χ2n) is 5.39. The third-order valence-corrected chi connectivity index (χ3v) is 3.64. The predicted octanol–water partition coefficient (Wildman–Crippen LogP) is 3.30. The maximum atomic E-state index is 12.5. The van der Waals surface area contributed by atoms with E-state index in [-0.39, 0.29) is 5.78 Å². The zero-order valence-electron chi connectivity index (χ0n) is 12.6. The van der Waals surface area contributed by atoms with Crippen molar-refractivity contribution in [2.45, 2.75) is 13.8 Å². The molecule has 4 nitrogen and oxygen atoms in total. The van der Waals surface area contributed by atoms with Crippen molar-refractivity contribution in [3.8, 4) is 5.69 Å². The van der Waals surface area contributed by atoms with E-state index in [0.717, 1.165) is 16.8 Å². The van der Waals surface area contributed by atoms with Crippen LogP contribution in [0.1, 0.15) is 27.0 Å². The Hall–Kier alpha value is -2.88. The van der Waals surface area contributed by atoms with Gasteiger partial charge in [-0.15, -0.1) is 0 Å². The van der Waals surface area contributed by atoms with Gasteiger partial charge in [-0.05, 0) is 26.0 Å². The standard InChI is InChI=1S/C18H17N3O/c1-12-3-7-14(8-4-12)17(22)16-11-20-21(18(16)19)15-9-5-13(2)6-10-15/h3-11H,19H2,1-2H3. The zero-order chi connectivity index (χ0) is 15.7. The summed E-state index contributed by atoms with van der Waals surface area (Å²) in [5, 5.41) is 4.25. The highest BCUT2D eigenvalue weighted by molar-refractivity contribution is 6.11. The number of carbonyl (C=O) groups is 1. The van der Waals surface area contributed by atoms with Gasteiger partial charge < -0.3 is 5.73 Å². The fourth-order valence-corrected chi connectivity index (χ4v) is 2.29. The summed E-state index contributed by atoms with van der Waals surface area (Å²) in [6.45, 7) is 4.00. The molecule has 3 aromatic rings. The smallest absolute Gasteiger partial charge is 0.198 e. The summed E-state index contributed by atoms with van der Waals surface area (Å²) < 4.78 is 1.58. The van der Waals surface area contributed by atoms with Crippen molar-refractivity contribution in [2.24, 2.45) is 0 Å². The lowest BCUT2D eigenvalue weighted by Crippen LogP contribution is -2.07. The van der Waals surface area contributed by atoms with Gasteiger partial charge in [0.05, 0.1) is 17.4 Å². The first-order chi connectivity index (χ1) is 10.6. The zero-order valence-corrected chi connectivity index (χ0v) is 12.6. The molecule has 0 saturated heterocycles. The summed E-state index contributed by atoms with van der Waals surface area (Å²) in [6, 6.07) is 15.3. The van der Waals surface area contributed by atoms with Crippen LogP contribution in [0.2, 0.25) is 0 Å². The molecular formula is C18H17N3O. The van der Waals surface area contributed by atoms with E-state index >= 15 is 0 Å². The molecule has 0 amide bonds. The van der Waals surface area contributed by atoms with E-state index in [0.29, 0.717) is 16.9 Å². The minimum Gasteiger partial charge on any atom is -0.383 e. The van der Waals surface area contributed by atoms with Crippen molar-refractivity contribution in [3.05, 3.63) is 77.0 Å². The molecule has 2 N–H and O–H groups in total. The van der Waals surface area contributed by atoms with E-state index < -0.39 is 0 Å². The fourth-order valence-electron chi connectivity index (χ4n) is 2.29. The van der Waals surface area contributed by atoms with Crippen LogP contribution in [0.15, 0.2) is 54.7 Å². The first kappa shape index (κ1) is 14.1. The van der Waals surface area contributed by atoms with Crippen molar-refractivity contribution < 1.29 is 4.79 Å². The van der Waals surface area contributed by atoms with Crippen LogP contribution in [0, 0.1) is 13.8 Å². The SMILES string of the molecule is Cc1ccc(C(=O)c2cnn(-c3ccc(C)cc3)c2N)cc1. The second kappa shape index (κ2) is 5.48. The molecule has 0 radical (unpaired) electrons. The number of ketones is 1. The van der Waals surface area contributed by atoms with Crippen LogP contribution in [-0.4, -0.2) is 15.6 Å². The fraction of sp³-hybridized carbons (Fsp3) is 0.111. The molecule has 22 heavy (non-hydrogen) atoms. The highest BCUT2D eigenvalue weighted by Crippen LogP contribution is 2.20. The van der Waals surface area contributed by atoms with Crippen LogP contribution >= 0.6 is 0 Å². The van der Waals surface area contributed by atoms with Gasteiger partial charge in [-0.2, -0.15) is 5.10 Å². The topological polar surface area (TPSA) is 60.9 Å². The number of aromatic nitrogens is 2. The molecule has 0 aliphatic heterocycles. The largest absolute Gasteiger partial charge is 0.383 e.